The fourth-order valence-electron chi connectivity index (χ4n) is 3.18. The van der Waals surface area contributed by atoms with Crippen LogP contribution in [0.2, 0.25) is 5.02 Å². The fourth-order valence-corrected chi connectivity index (χ4v) is 4.39. The van der Waals surface area contributed by atoms with Gasteiger partial charge >= 0.3 is 0 Å². The molecule has 0 aliphatic heterocycles. The molecule has 0 aliphatic carbocycles. The molecule has 3 aromatic heterocycles. The third-order valence-corrected chi connectivity index (χ3v) is 6.48. The molecule has 4 aromatic rings. The maximum Gasteiger partial charge on any atom is 0.246 e. The highest BCUT2D eigenvalue weighted by atomic mass is 79.9. The second-order valence-corrected chi connectivity index (χ2v) is 9.21. The van der Waals surface area contributed by atoms with Gasteiger partial charge < -0.3 is 10.2 Å². The zero-order chi connectivity index (χ0) is 22.5. The average molecular weight is 531 g/mol. The third kappa shape index (κ3) is 5.20. The number of likely N-dealkylation sites (N-methyl/N-ethyl adjacent to an activating group) is 1. The Morgan fingerprint density at radius 2 is 2.19 bits per heavy atom. The minimum Gasteiger partial charge on any atom is -0.370 e. The molecule has 9 heteroatoms. The largest absolute Gasteiger partial charge is 0.370 e. The van der Waals surface area contributed by atoms with E-state index < -0.39 is 0 Å². The van der Waals surface area contributed by atoms with Crippen LogP contribution >= 0.6 is 38.9 Å². The number of nitrogens with zero attached hydrogens (tertiary/aromatic N) is 4. The predicted molar refractivity (Wildman–Crippen MR) is 135 cm³/mol. The lowest BCUT2D eigenvalue weighted by Crippen LogP contribution is -2.27. The summed E-state index contributed by atoms with van der Waals surface area (Å²) in [7, 11) is 1.81. The van der Waals surface area contributed by atoms with Crippen molar-refractivity contribution in [2.75, 3.05) is 25.5 Å². The summed E-state index contributed by atoms with van der Waals surface area (Å²) in [6.45, 7) is 1.30. The number of hydrogen-bond acceptors (Lipinski definition) is 5. The lowest BCUT2D eigenvalue weighted by molar-refractivity contribution is -0.124. The van der Waals surface area contributed by atoms with Crippen molar-refractivity contribution in [3.63, 3.8) is 0 Å². The van der Waals surface area contributed by atoms with E-state index in [0.717, 1.165) is 33.5 Å². The molecule has 6 nitrogen and oxygen atoms in total. The second-order valence-electron chi connectivity index (χ2n) is 7.16. The quantitative estimate of drug-likeness (QED) is 0.229. The number of thiophene rings is 1. The number of benzene rings is 1. The first-order valence-corrected chi connectivity index (χ1v) is 12.1. The van der Waals surface area contributed by atoms with Gasteiger partial charge in [0.1, 0.15) is 5.82 Å². The van der Waals surface area contributed by atoms with E-state index >= 15 is 0 Å². The van der Waals surface area contributed by atoms with Crippen LogP contribution in [0, 0.1) is 0 Å². The Hall–Kier alpha value is -2.68. The Bertz CT molecular complexity index is 1250. The summed E-state index contributed by atoms with van der Waals surface area (Å²) < 4.78 is 2.56. The number of anilines is 1. The lowest BCUT2D eigenvalue weighted by atomic mass is 10.1. The Morgan fingerprint density at radius 3 is 2.97 bits per heavy atom. The zero-order valence-corrected chi connectivity index (χ0v) is 20.5. The Balaban J connectivity index is 1.42. The van der Waals surface area contributed by atoms with Crippen LogP contribution in [-0.4, -0.2) is 45.5 Å². The van der Waals surface area contributed by atoms with E-state index in [-0.39, 0.29) is 5.91 Å². The van der Waals surface area contributed by atoms with Gasteiger partial charge in [-0.05, 0) is 56.9 Å². The van der Waals surface area contributed by atoms with Gasteiger partial charge in [-0.15, -0.1) is 0 Å². The molecular weight excluding hydrogens is 510 g/mol. The van der Waals surface area contributed by atoms with Crippen molar-refractivity contribution in [3.05, 3.63) is 74.5 Å². The Kier molecular flexibility index (Phi) is 7.24. The van der Waals surface area contributed by atoms with Crippen LogP contribution in [0.5, 0.6) is 0 Å². The summed E-state index contributed by atoms with van der Waals surface area (Å²) in [5.41, 5.74) is 3.36. The zero-order valence-electron chi connectivity index (χ0n) is 17.3. The number of rotatable bonds is 8. The van der Waals surface area contributed by atoms with Crippen LogP contribution in [0.4, 0.5) is 5.82 Å². The summed E-state index contributed by atoms with van der Waals surface area (Å²) in [6.07, 6.45) is 5.95. The molecule has 4 rings (SSSR count). The van der Waals surface area contributed by atoms with E-state index in [2.05, 4.69) is 26.3 Å². The first-order chi connectivity index (χ1) is 15.5. The van der Waals surface area contributed by atoms with Gasteiger partial charge in [0.2, 0.25) is 5.91 Å². The molecule has 0 atom stereocenters. The van der Waals surface area contributed by atoms with Crippen LogP contribution in [0.25, 0.3) is 23.0 Å². The van der Waals surface area contributed by atoms with Gasteiger partial charge in [0, 0.05) is 42.9 Å². The Morgan fingerprint density at radius 1 is 1.34 bits per heavy atom. The molecule has 3 heterocycles. The summed E-state index contributed by atoms with van der Waals surface area (Å²) in [5, 5.41) is 12.5. The SMILES string of the molecule is CN(CCCNc1cc(-c2ccccc2Cl)nc2c(Br)cnn12)C(=O)/C=C/c1ccsc1. The van der Waals surface area contributed by atoms with Crippen LogP contribution in [0.1, 0.15) is 12.0 Å². The maximum absolute atomic E-state index is 12.3. The molecule has 0 radical (unpaired) electrons. The second kappa shape index (κ2) is 10.3. The van der Waals surface area contributed by atoms with Crippen molar-refractivity contribution < 1.29 is 4.79 Å². The molecule has 0 saturated heterocycles. The number of carbonyl (C=O) groups is 1. The van der Waals surface area contributed by atoms with Crippen LogP contribution in [0.3, 0.4) is 0 Å². The van der Waals surface area contributed by atoms with E-state index in [1.165, 1.54) is 0 Å². The predicted octanol–water partition coefficient (Wildman–Crippen LogP) is 5.85. The van der Waals surface area contributed by atoms with Gasteiger partial charge in [-0.3, -0.25) is 4.79 Å². The molecular formula is C23H21BrClN5OS. The van der Waals surface area contributed by atoms with Gasteiger partial charge in [-0.1, -0.05) is 29.8 Å². The number of hydrogen-bond donors (Lipinski definition) is 1. The van der Waals surface area contributed by atoms with Crippen molar-refractivity contribution in [2.45, 2.75) is 6.42 Å². The number of fused-ring (bicyclic) bond motifs is 1. The number of nitrogens with one attached hydrogen (secondary N) is 1. The van der Waals surface area contributed by atoms with E-state index in [9.17, 15) is 4.79 Å². The molecule has 0 bridgehead atoms. The van der Waals surface area contributed by atoms with E-state index in [0.29, 0.717) is 23.8 Å². The van der Waals surface area contributed by atoms with Crippen LogP contribution in [-0.2, 0) is 4.79 Å². The standard InChI is InChI=1S/C23H21BrClN5OS/c1-29(22(31)8-7-16-9-12-32-15-16)11-4-10-26-21-13-20(17-5-2-3-6-19(17)25)28-23-18(24)14-27-30(21)23/h2-3,5-9,12-15,26H,4,10-11H2,1H3/b8-7+. The molecule has 0 unspecified atom stereocenters. The summed E-state index contributed by atoms with van der Waals surface area (Å²) >= 11 is 11.5. The average Bonchev–Trinajstić information content (AvgIpc) is 3.45. The summed E-state index contributed by atoms with van der Waals surface area (Å²) in [4.78, 5) is 18.7. The minimum atomic E-state index is -0.0143. The van der Waals surface area contributed by atoms with Crippen molar-refractivity contribution in [1.29, 1.82) is 0 Å². The van der Waals surface area contributed by atoms with Crippen molar-refractivity contribution in [1.82, 2.24) is 19.5 Å². The molecule has 0 fully saturated rings. The van der Waals surface area contributed by atoms with Gasteiger partial charge in [0.05, 0.1) is 16.4 Å². The van der Waals surface area contributed by atoms with Gasteiger partial charge in [-0.25, -0.2) is 4.98 Å². The molecule has 1 amide bonds. The van der Waals surface area contributed by atoms with Crippen molar-refractivity contribution in [2.24, 2.45) is 0 Å². The minimum absolute atomic E-state index is 0.0143. The van der Waals surface area contributed by atoms with Crippen molar-refractivity contribution >= 4 is 62.3 Å². The van der Waals surface area contributed by atoms with Crippen LogP contribution in [0.15, 0.2) is 63.9 Å². The van der Waals surface area contributed by atoms with Crippen molar-refractivity contribution in [3.8, 4) is 11.3 Å². The first kappa shape index (κ1) is 22.5. The molecule has 164 valence electrons. The highest BCUT2D eigenvalue weighted by Gasteiger charge is 2.13. The molecule has 0 aliphatic rings. The summed E-state index contributed by atoms with van der Waals surface area (Å²) in [6, 6.07) is 11.5. The highest BCUT2D eigenvalue weighted by molar-refractivity contribution is 9.10. The molecule has 1 N–H and O–H groups in total. The maximum atomic E-state index is 12.3. The normalized spacial score (nSPS) is 11.3. The topological polar surface area (TPSA) is 62.5 Å². The summed E-state index contributed by atoms with van der Waals surface area (Å²) in [5.74, 6) is 0.793. The third-order valence-electron chi connectivity index (χ3n) is 4.89. The lowest BCUT2D eigenvalue weighted by Gasteiger charge is -2.16. The molecule has 1 aromatic carbocycles. The molecule has 32 heavy (non-hydrogen) atoms. The van der Waals surface area contributed by atoms with Gasteiger partial charge in [0.25, 0.3) is 0 Å². The number of aromatic nitrogens is 3. The number of halogens is 2. The molecule has 0 spiro atoms. The van der Waals surface area contributed by atoms with E-state index in [1.54, 1.807) is 33.0 Å². The Labute approximate surface area is 203 Å². The fraction of sp³-hybridized carbons (Fsp3) is 0.174. The number of carbonyl (C=O) groups excluding carboxylic acids is 1. The van der Waals surface area contributed by atoms with E-state index in [4.69, 9.17) is 16.6 Å². The van der Waals surface area contributed by atoms with Gasteiger partial charge in [0.15, 0.2) is 5.65 Å². The van der Waals surface area contributed by atoms with Crippen LogP contribution < -0.4 is 5.32 Å². The first-order valence-electron chi connectivity index (χ1n) is 10.0. The smallest absolute Gasteiger partial charge is 0.246 e. The monoisotopic (exact) mass is 529 g/mol. The number of amides is 1. The van der Waals surface area contributed by atoms with E-state index in [1.807, 2.05) is 60.3 Å². The molecule has 0 saturated carbocycles. The highest BCUT2D eigenvalue weighted by Crippen LogP contribution is 2.30. The van der Waals surface area contributed by atoms with Gasteiger partial charge in [-0.2, -0.15) is 21.0 Å².